The highest BCUT2D eigenvalue weighted by atomic mass is 16.5. The van der Waals surface area contributed by atoms with Crippen molar-refractivity contribution in [3.8, 4) is 5.75 Å². The lowest BCUT2D eigenvalue weighted by Gasteiger charge is -2.53. The Morgan fingerprint density at radius 1 is 1.35 bits per heavy atom. The van der Waals surface area contributed by atoms with Gasteiger partial charge >= 0.3 is 5.97 Å². The molecule has 1 aromatic carbocycles. The van der Waals surface area contributed by atoms with Gasteiger partial charge < -0.3 is 14.7 Å². The molecule has 1 aromatic rings. The molecule has 108 valence electrons. The van der Waals surface area contributed by atoms with Crippen LogP contribution in [-0.2, 0) is 10.2 Å². The average Bonchev–Trinajstić information content (AvgIpc) is 2.47. The summed E-state index contributed by atoms with van der Waals surface area (Å²) in [5, 5.41) is 9.93. The summed E-state index contributed by atoms with van der Waals surface area (Å²) < 4.78 is 5.17. The lowest BCUT2D eigenvalue weighted by atomic mass is 9.58. The van der Waals surface area contributed by atoms with Crippen LogP contribution in [0, 0.1) is 5.92 Å². The van der Waals surface area contributed by atoms with Gasteiger partial charge in [0.15, 0.2) is 0 Å². The van der Waals surface area contributed by atoms with Crippen molar-refractivity contribution in [2.75, 3.05) is 20.7 Å². The molecule has 4 rings (SSSR count). The van der Waals surface area contributed by atoms with E-state index in [0.717, 1.165) is 37.1 Å². The van der Waals surface area contributed by atoms with Gasteiger partial charge in [-0.05, 0) is 49.9 Å². The highest BCUT2D eigenvalue weighted by Gasteiger charge is 2.55. The van der Waals surface area contributed by atoms with Gasteiger partial charge in [0.2, 0.25) is 0 Å². The summed E-state index contributed by atoms with van der Waals surface area (Å²) in [6.07, 6.45) is 2.84. The quantitative estimate of drug-likeness (QED) is 0.918. The molecule has 2 bridgehead atoms. The second kappa shape index (κ2) is 4.77. The van der Waals surface area contributed by atoms with Gasteiger partial charge in [-0.3, -0.25) is 4.79 Å². The summed E-state index contributed by atoms with van der Waals surface area (Å²) in [5.41, 5.74) is 0.204. The molecule has 0 amide bonds. The predicted molar refractivity (Wildman–Crippen MR) is 76.1 cm³/mol. The SMILES string of the molecule is COc1ccc([C@]2(C(=O)O)C[C@H]3CC[C@H]2CN3C)cc1. The summed E-state index contributed by atoms with van der Waals surface area (Å²) in [7, 11) is 3.73. The van der Waals surface area contributed by atoms with E-state index in [1.807, 2.05) is 24.3 Å². The van der Waals surface area contributed by atoms with Crippen LogP contribution in [0.5, 0.6) is 5.75 Å². The van der Waals surface area contributed by atoms with Crippen molar-refractivity contribution in [1.29, 1.82) is 0 Å². The van der Waals surface area contributed by atoms with Crippen LogP contribution in [0.15, 0.2) is 24.3 Å². The Labute approximate surface area is 119 Å². The van der Waals surface area contributed by atoms with Crippen molar-refractivity contribution in [1.82, 2.24) is 4.90 Å². The molecule has 3 atom stereocenters. The predicted octanol–water partition coefficient (Wildman–Crippen LogP) is 2.13. The molecule has 2 aliphatic heterocycles. The Bertz CT molecular complexity index is 513. The minimum absolute atomic E-state index is 0.198. The van der Waals surface area contributed by atoms with Crippen molar-refractivity contribution in [3.63, 3.8) is 0 Å². The summed E-state index contributed by atoms with van der Waals surface area (Å²) in [5.74, 6) is 0.293. The second-order valence-corrected chi connectivity index (χ2v) is 6.08. The number of methoxy groups -OCH3 is 1. The van der Waals surface area contributed by atoms with Gasteiger partial charge in [0, 0.05) is 12.6 Å². The van der Waals surface area contributed by atoms with Crippen LogP contribution >= 0.6 is 0 Å². The fourth-order valence-electron chi connectivity index (χ4n) is 4.03. The number of hydrogen-bond donors (Lipinski definition) is 1. The monoisotopic (exact) mass is 275 g/mol. The molecular weight excluding hydrogens is 254 g/mol. The van der Waals surface area contributed by atoms with E-state index in [1.54, 1.807) is 7.11 Å². The van der Waals surface area contributed by atoms with Crippen molar-refractivity contribution in [3.05, 3.63) is 29.8 Å². The van der Waals surface area contributed by atoms with Gasteiger partial charge in [-0.25, -0.2) is 0 Å². The Hall–Kier alpha value is -1.55. The van der Waals surface area contributed by atoms with E-state index in [2.05, 4.69) is 11.9 Å². The first kappa shape index (κ1) is 13.4. The Morgan fingerprint density at radius 3 is 2.50 bits per heavy atom. The van der Waals surface area contributed by atoms with E-state index < -0.39 is 11.4 Å². The minimum Gasteiger partial charge on any atom is -0.497 e. The zero-order valence-corrected chi connectivity index (χ0v) is 12.0. The number of fused-ring (bicyclic) bond motifs is 3. The Morgan fingerprint density at radius 2 is 2.05 bits per heavy atom. The zero-order valence-electron chi connectivity index (χ0n) is 12.0. The lowest BCUT2D eigenvalue weighted by Crippen LogP contribution is -2.60. The van der Waals surface area contributed by atoms with E-state index in [0.29, 0.717) is 6.04 Å². The van der Waals surface area contributed by atoms with Gasteiger partial charge in [0.25, 0.3) is 0 Å². The topological polar surface area (TPSA) is 49.8 Å². The smallest absolute Gasteiger partial charge is 0.314 e. The van der Waals surface area contributed by atoms with Crippen LogP contribution in [0.3, 0.4) is 0 Å². The highest BCUT2D eigenvalue weighted by Crippen LogP contribution is 2.49. The minimum atomic E-state index is -0.721. The lowest BCUT2D eigenvalue weighted by molar-refractivity contribution is -0.153. The third-order valence-corrected chi connectivity index (χ3v) is 5.22. The zero-order chi connectivity index (χ0) is 14.3. The maximum absolute atomic E-state index is 12.1. The summed E-state index contributed by atoms with van der Waals surface area (Å²) in [4.78, 5) is 14.4. The number of nitrogens with zero attached hydrogens (tertiary/aromatic N) is 1. The van der Waals surface area contributed by atoms with Crippen molar-refractivity contribution < 1.29 is 14.6 Å². The number of ether oxygens (including phenoxy) is 1. The first-order valence-electron chi connectivity index (χ1n) is 7.16. The second-order valence-electron chi connectivity index (χ2n) is 6.08. The maximum atomic E-state index is 12.1. The molecule has 0 spiro atoms. The fourth-order valence-corrected chi connectivity index (χ4v) is 4.03. The summed E-state index contributed by atoms with van der Waals surface area (Å²) in [6, 6.07) is 7.97. The van der Waals surface area contributed by atoms with Crippen molar-refractivity contribution in [2.24, 2.45) is 5.92 Å². The van der Waals surface area contributed by atoms with Crippen molar-refractivity contribution in [2.45, 2.75) is 30.7 Å². The molecule has 4 heteroatoms. The van der Waals surface area contributed by atoms with E-state index in [4.69, 9.17) is 4.74 Å². The summed E-state index contributed by atoms with van der Waals surface area (Å²) in [6.45, 7) is 0.878. The van der Waals surface area contributed by atoms with Crippen LogP contribution in [0.4, 0.5) is 0 Å². The van der Waals surface area contributed by atoms with E-state index >= 15 is 0 Å². The van der Waals surface area contributed by atoms with Gasteiger partial charge in [0.05, 0.1) is 12.5 Å². The first-order valence-corrected chi connectivity index (χ1v) is 7.16. The standard InChI is InChI=1S/C16H21NO3/c1-17-10-12-3-6-13(17)9-16(12,15(18)19)11-4-7-14(20-2)8-5-11/h4-5,7-8,12-13H,3,6,9-10H2,1-2H3,(H,18,19)/t12-,13+,16+/m0/s1. The molecule has 20 heavy (non-hydrogen) atoms. The molecule has 2 heterocycles. The maximum Gasteiger partial charge on any atom is 0.314 e. The van der Waals surface area contributed by atoms with Crippen LogP contribution in [0.25, 0.3) is 0 Å². The number of hydrogen-bond acceptors (Lipinski definition) is 3. The van der Waals surface area contributed by atoms with Crippen LogP contribution < -0.4 is 4.74 Å². The van der Waals surface area contributed by atoms with Gasteiger partial charge in [-0.2, -0.15) is 0 Å². The molecule has 2 saturated heterocycles. The molecule has 0 radical (unpaired) electrons. The van der Waals surface area contributed by atoms with Crippen LogP contribution in [-0.4, -0.2) is 42.7 Å². The molecule has 3 fully saturated rings. The Kier molecular flexibility index (Phi) is 3.21. The number of aliphatic carboxylic acids is 1. The molecule has 4 nitrogen and oxygen atoms in total. The van der Waals surface area contributed by atoms with E-state index in [9.17, 15) is 9.90 Å². The molecule has 0 unspecified atom stereocenters. The third kappa shape index (κ3) is 1.82. The van der Waals surface area contributed by atoms with Gasteiger partial charge in [-0.1, -0.05) is 12.1 Å². The average molecular weight is 275 g/mol. The van der Waals surface area contributed by atoms with Crippen molar-refractivity contribution >= 4 is 5.97 Å². The normalized spacial score (nSPS) is 33.1. The molecule has 1 aliphatic carbocycles. The third-order valence-electron chi connectivity index (χ3n) is 5.22. The number of carboxylic acid groups (broad SMARTS) is 1. The number of benzene rings is 1. The first-order chi connectivity index (χ1) is 9.57. The molecule has 0 aromatic heterocycles. The number of carboxylic acids is 1. The van der Waals surface area contributed by atoms with E-state index in [1.165, 1.54) is 0 Å². The number of rotatable bonds is 3. The van der Waals surface area contributed by atoms with Crippen LogP contribution in [0.2, 0.25) is 0 Å². The summed E-state index contributed by atoms with van der Waals surface area (Å²) >= 11 is 0. The fraction of sp³-hybridized carbons (Fsp3) is 0.562. The Balaban J connectivity index is 2.02. The van der Waals surface area contributed by atoms with E-state index in [-0.39, 0.29) is 5.92 Å². The largest absolute Gasteiger partial charge is 0.497 e. The van der Waals surface area contributed by atoms with Gasteiger partial charge in [-0.15, -0.1) is 0 Å². The van der Waals surface area contributed by atoms with Crippen LogP contribution in [0.1, 0.15) is 24.8 Å². The molecule has 1 N–H and O–H groups in total. The molecule has 3 aliphatic rings. The highest BCUT2D eigenvalue weighted by molar-refractivity contribution is 5.82. The number of carbonyl (C=O) groups is 1. The molecule has 1 saturated carbocycles. The molecular formula is C16H21NO3. The number of piperidine rings is 2. The van der Waals surface area contributed by atoms with Gasteiger partial charge in [0.1, 0.15) is 5.75 Å².